The quantitative estimate of drug-likeness (QED) is 0.373. The topological polar surface area (TPSA) is 62.5 Å². The van der Waals surface area contributed by atoms with Gasteiger partial charge in [0.2, 0.25) is 0 Å². The highest BCUT2D eigenvalue weighted by atomic mass is 127. The highest BCUT2D eigenvalue weighted by Gasteiger charge is 2.14. The Hall–Kier alpha value is -1.09. The molecule has 7 heteroatoms. The van der Waals surface area contributed by atoms with E-state index in [0.717, 1.165) is 29.7 Å². The molecule has 3 rings (SSSR count). The van der Waals surface area contributed by atoms with Crippen molar-refractivity contribution in [3.8, 4) is 0 Å². The van der Waals surface area contributed by atoms with Crippen molar-refractivity contribution in [2.75, 3.05) is 6.54 Å². The Bertz CT molecular complexity index is 635. The van der Waals surface area contributed by atoms with Gasteiger partial charge >= 0.3 is 0 Å². The van der Waals surface area contributed by atoms with Crippen molar-refractivity contribution in [3.05, 3.63) is 40.2 Å². The monoisotopic (exact) mass is 474 g/mol. The fourth-order valence-electron chi connectivity index (χ4n) is 2.97. The number of thiazole rings is 1. The van der Waals surface area contributed by atoms with Gasteiger partial charge in [-0.3, -0.25) is 0 Å². The average Bonchev–Trinajstić information content (AvgIpc) is 3.25. The summed E-state index contributed by atoms with van der Waals surface area (Å²) in [4.78, 5) is 10.4. The molecular formula is C18H27IN4OS. The minimum absolute atomic E-state index is 0. The summed E-state index contributed by atoms with van der Waals surface area (Å²) in [5, 5.41) is 8.09. The van der Waals surface area contributed by atoms with Crippen molar-refractivity contribution < 1.29 is 4.42 Å². The molecule has 0 radical (unpaired) electrons. The molecular weight excluding hydrogens is 447 g/mol. The number of guanidine groups is 1. The van der Waals surface area contributed by atoms with E-state index in [9.17, 15) is 0 Å². The van der Waals surface area contributed by atoms with Gasteiger partial charge in [-0.1, -0.05) is 19.3 Å². The van der Waals surface area contributed by atoms with Crippen LogP contribution in [0.25, 0.3) is 0 Å². The van der Waals surface area contributed by atoms with E-state index >= 15 is 0 Å². The van der Waals surface area contributed by atoms with Crippen LogP contribution in [-0.2, 0) is 13.0 Å². The Kier molecular flexibility index (Phi) is 8.74. The molecule has 0 aromatic carbocycles. The van der Waals surface area contributed by atoms with Crippen LogP contribution in [0.3, 0.4) is 0 Å². The summed E-state index contributed by atoms with van der Waals surface area (Å²) in [5.41, 5.74) is 0. The highest BCUT2D eigenvalue weighted by Crippen LogP contribution is 2.17. The van der Waals surface area contributed by atoms with E-state index in [1.165, 1.54) is 37.0 Å². The molecule has 0 aliphatic heterocycles. The van der Waals surface area contributed by atoms with Gasteiger partial charge in [-0.2, -0.15) is 0 Å². The molecule has 2 aromatic rings. The van der Waals surface area contributed by atoms with Gasteiger partial charge < -0.3 is 15.1 Å². The Labute approximate surface area is 170 Å². The fraction of sp³-hybridized carbons (Fsp3) is 0.556. The predicted octanol–water partition coefficient (Wildman–Crippen LogP) is 4.27. The summed E-state index contributed by atoms with van der Waals surface area (Å²) in [5.74, 6) is 1.89. The van der Waals surface area contributed by atoms with Crippen LogP contribution in [0.15, 0.2) is 34.0 Å². The molecule has 0 amide bonds. The van der Waals surface area contributed by atoms with E-state index in [4.69, 9.17) is 9.41 Å². The van der Waals surface area contributed by atoms with Gasteiger partial charge in [0.05, 0.1) is 12.8 Å². The average molecular weight is 474 g/mol. The van der Waals surface area contributed by atoms with Crippen LogP contribution in [0.4, 0.5) is 0 Å². The zero-order valence-corrected chi connectivity index (χ0v) is 17.8. The molecule has 2 N–H and O–H groups in total. The lowest BCUT2D eigenvalue weighted by Crippen LogP contribution is -2.44. The second-order valence-electron chi connectivity index (χ2n) is 6.26. The number of nitrogens with zero attached hydrogens (tertiary/aromatic N) is 2. The number of nitrogens with one attached hydrogen (secondary N) is 2. The van der Waals surface area contributed by atoms with E-state index in [2.05, 4.69) is 22.5 Å². The van der Waals surface area contributed by atoms with Crippen molar-refractivity contribution in [3.63, 3.8) is 0 Å². The van der Waals surface area contributed by atoms with Gasteiger partial charge in [0.15, 0.2) is 5.96 Å². The number of hydrogen-bond acceptors (Lipinski definition) is 4. The number of hydrogen-bond donors (Lipinski definition) is 2. The van der Waals surface area contributed by atoms with Gasteiger partial charge in [-0.25, -0.2) is 9.98 Å². The third-order valence-electron chi connectivity index (χ3n) is 4.23. The molecule has 5 nitrogen and oxygen atoms in total. The summed E-state index contributed by atoms with van der Waals surface area (Å²) in [6, 6.07) is 4.47. The Morgan fingerprint density at radius 3 is 2.88 bits per heavy atom. The van der Waals surface area contributed by atoms with E-state index < -0.39 is 0 Å². The Morgan fingerprint density at radius 1 is 1.36 bits per heavy atom. The normalized spacial score (nSPS) is 15.6. The zero-order valence-electron chi connectivity index (χ0n) is 14.7. The molecule has 0 saturated heterocycles. The summed E-state index contributed by atoms with van der Waals surface area (Å²) >= 11 is 1.71. The smallest absolute Gasteiger partial charge is 0.191 e. The molecule has 1 aliphatic carbocycles. The van der Waals surface area contributed by atoms with E-state index in [1.54, 1.807) is 17.6 Å². The Morgan fingerprint density at radius 2 is 2.20 bits per heavy atom. The molecule has 138 valence electrons. The first kappa shape index (κ1) is 20.2. The van der Waals surface area contributed by atoms with Gasteiger partial charge in [-0.15, -0.1) is 35.3 Å². The Balaban J connectivity index is 0.00000225. The molecule has 1 aliphatic rings. The van der Waals surface area contributed by atoms with Crippen molar-refractivity contribution >= 4 is 41.3 Å². The lowest BCUT2D eigenvalue weighted by Gasteiger charge is -2.25. The molecule has 25 heavy (non-hydrogen) atoms. The summed E-state index contributed by atoms with van der Waals surface area (Å²) < 4.78 is 5.39. The maximum Gasteiger partial charge on any atom is 0.191 e. The van der Waals surface area contributed by atoms with Crippen molar-refractivity contribution in [2.24, 2.45) is 4.99 Å². The largest absolute Gasteiger partial charge is 0.469 e. The van der Waals surface area contributed by atoms with Crippen LogP contribution < -0.4 is 10.6 Å². The summed E-state index contributed by atoms with van der Waals surface area (Å²) in [6.45, 7) is 3.51. The first-order valence-electron chi connectivity index (χ1n) is 8.78. The van der Waals surface area contributed by atoms with Crippen molar-refractivity contribution in [2.45, 2.75) is 58.0 Å². The number of aliphatic imine (C=N–C) groups is 1. The minimum atomic E-state index is 0. The third-order valence-corrected chi connectivity index (χ3v) is 5.13. The lowest BCUT2D eigenvalue weighted by molar-refractivity contribution is 0.409. The lowest BCUT2D eigenvalue weighted by atomic mass is 9.96. The fourth-order valence-corrected chi connectivity index (χ4v) is 3.68. The second kappa shape index (κ2) is 10.8. The molecule has 0 bridgehead atoms. The van der Waals surface area contributed by atoms with Crippen LogP contribution in [0, 0.1) is 6.92 Å². The van der Waals surface area contributed by atoms with Gasteiger partial charge in [0.25, 0.3) is 0 Å². The molecule has 0 atom stereocenters. The van der Waals surface area contributed by atoms with E-state index in [-0.39, 0.29) is 24.0 Å². The van der Waals surface area contributed by atoms with E-state index in [1.807, 2.05) is 18.3 Å². The van der Waals surface area contributed by atoms with Gasteiger partial charge in [0.1, 0.15) is 10.8 Å². The first-order valence-corrected chi connectivity index (χ1v) is 9.60. The number of aryl methyl sites for hydroxylation is 1. The van der Waals surface area contributed by atoms with Crippen LogP contribution in [-0.4, -0.2) is 23.5 Å². The minimum Gasteiger partial charge on any atom is -0.469 e. The van der Waals surface area contributed by atoms with Crippen LogP contribution in [0.1, 0.15) is 47.7 Å². The second-order valence-corrected chi connectivity index (χ2v) is 7.58. The van der Waals surface area contributed by atoms with Crippen LogP contribution in [0.2, 0.25) is 0 Å². The number of halogens is 1. The zero-order chi connectivity index (χ0) is 16.6. The molecule has 0 unspecified atom stereocenters. The van der Waals surface area contributed by atoms with Crippen LogP contribution in [0.5, 0.6) is 0 Å². The van der Waals surface area contributed by atoms with Crippen LogP contribution >= 0.6 is 35.3 Å². The summed E-state index contributed by atoms with van der Waals surface area (Å²) in [6.07, 6.45) is 10.9. The molecule has 0 spiro atoms. The molecule has 2 aromatic heterocycles. The van der Waals surface area contributed by atoms with Crippen molar-refractivity contribution in [1.29, 1.82) is 0 Å². The standard InChI is InChI=1S/C18H26N4OS.HI/c1-14-12-20-17(24-14)13-21-18(22-15-6-3-2-4-7-15)19-10-9-16-8-5-11-23-16;/h5,8,11-12,15H,2-4,6-7,9-10,13H2,1H3,(H2,19,21,22);1H. The molecule has 1 saturated carbocycles. The van der Waals surface area contributed by atoms with Gasteiger partial charge in [0, 0.05) is 30.1 Å². The maximum absolute atomic E-state index is 5.39. The SMILES string of the molecule is Cc1cnc(CN=C(NCCc2ccco2)NC2CCCCC2)s1.I. The van der Waals surface area contributed by atoms with Crippen molar-refractivity contribution in [1.82, 2.24) is 15.6 Å². The van der Waals surface area contributed by atoms with E-state index in [0.29, 0.717) is 12.6 Å². The number of aromatic nitrogens is 1. The predicted molar refractivity (Wildman–Crippen MR) is 114 cm³/mol. The number of furan rings is 1. The third kappa shape index (κ3) is 6.97. The summed E-state index contributed by atoms with van der Waals surface area (Å²) in [7, 11) is 0. The molecule has 1 fully saturated rings. The molecule has 2 heterocycles. The maximum atomic E-state index is 5.39. The first-order chi connectivity index (χ1) is 11.8. The highest BCUT2D eigenvalue weighted by molar-refractivity contribution is 14.0. The number of rotatable bonds is 6. The van der Waals surface area contributed by atoms with Gasteiger partial charge in [-0.05, 0) is 31.9 Å².